The van der Waals surface area contributed by atoms with Gasteiger partial charge in [-0.15, -0.1) is 0 Å². The van der Waals surface area contributed by atoms with Crippen molar-refractivity contribution in [2.45, 2.75) is 12.8 Å². The summed E-state index contributed by atoms with van der Waals surface area (Å²) in [6.07, 6.45) is 2.58. The molecule has 2 aromatic carbocycles. The van der Waals surface area contributed by atoms with Crippen LogP contribution >= 0.6 is 51.5 Å². The maximum atomic E-state index is 12.6. The van der Waals surface area contributed by atoms with Crippen LogP contribution in [0.15, 0.2) is 57.9 Å². The fourth-order valence-corrected chi connectivity index (χ4v) is 4.33. The van der Waals surface area contributed by atoms with Crippen LogP contribution in [0.1, 0.15) is 18.4 Å². The largest absolute Gasteiger partial charge is 0.326 e. The Morgan fingerprint density at radius 3 is 2.64 bits per heavy atom. The Balaban J connectivity index is 1.54. The lowest BCUT2D eigenvalue weighted by molar-refractivity contribution is -0.122. The minimum Gasteiger partial charge on any atom is -0.326 e. The van der Waals surface area contributed by atoms with Gasteiger partial charge in [0.05, 0.1) is 4.91 Å². The first-order valence-electron chi connectivity index (χ1n) is 8.49. The average molecular weight is 496 g/mol. The van der Waals surface area contributed by atoms with Gasteiger partial charge in [-0.3, -0.25) is 14.5 Å². The topological polar surface area (TPSA) is 49.4 Å². The second kappa shape index (κ2) is 9.69. The normalized spacial score (nSPS) is 15.4. The number of nitrogens with zero attached hydrogens (tertiary/aromatic N) is 1. The van der Waals surface area contributed by atoms with Gasteiger partial charge in [0.1, 0.15) is 4.32 Å². The van der Waals surface area contributed by atoms with E-state index in [-0.39, 0.29) is 11.8 Å². The van der Waals surface area contributed by atoms with Crippen molar-refractivity contribution >= 4 is 79.4 Å². The van der Waals surface area contributed by atoms with Crippen LogP contribution in [-0.2, 0) is 9.59 Å². The summed E-state index contributed by atoms with van der Waals surface area (Å²) < 4.78 is 1.45. The molecule has 1 aliphatic rings. The van der Waals surface area contributed by atoms with Crippen LogP contribution in [0.2, 0.25) is 5.02 Å². The van der Waals surface area contributed by atoms with Gasteiger partial charge in [-0.25, -0.2) is 0 Å². The Morgan fingerprint density at radius 1 is 1.21 bits per heavy atom. The quantitative estimate of drug-likeness (QED) is 0.411. The first-order valence-corrected chi connectivity index (χ1v) is 10.9. The van der Waals surface area contributed by atoms with Crippen molar-refractivity contribution in [2.75, 3.05) is 11.9 Å². The molecule has 0 aliphatic carbocycles. The number of anilines is 1. The van der Waals surface area contributed by atoms with Gasteiger partial charge >= 0.3 is 0 Å². The van der Waals surface area contributed by atoms with Crippen molar-refractivity contribution < 1.29 is 9.59 Å². The maximum absolute atomic E-state index is 12.6. The molecule has 0 spiro atoms. The van der Waals surface area contributed by atoms with E-state index >= 15 is 0 Å². The van der Waals surface area contributed by atoms with Gasteiger partial charge in [-0.2, -0.15) is 0 Å². The lowest BCUT2D eigenvalue weighted by atomic mass is 10.2. The monoisotopic (exact) mass is 494 g/mol. The summed E-state index contributed by atoms with van der Waals surface area (Å²) >= 11 is 16.1. The zero-order valence-corrected chi connectivity index (χ0v) is 18.6. The van der Waals surface area contributed by atoms with Crippen LogP contribution in [0.3, 0.4) is 0 Å². The summed E-state index contributed by atoms with van der Waals surface area (Å²) in [7, 11) is 0. The Labute approximate surface area is 186 Å². The van der Waals surface area contributed by atoms with Crippen molar-refractivity contribution in [3.63, 3.8) is 0 Å². The lowest BCUT2D eigenvalue weighted by Crippen LogP contribution is -2.29. The number of thioether (sulfide) groups is 1. The number of halogens is 2. The third kappa shape index (κ3) is 5.44. The molecule has 144 valence electrons. The molecule has 3 rings (SSSR count). The Kier molecular flexibility index (Phi) is 7.29. The summed E-state index contributed by atoms with van der Waals surface area (Å²) in [5, 5.41) is 3.42. The second-order valence-corrected chi connectivity index (χ2v) is 9.01. The summed E-state index contributed by atoms with van der Waals surface area (Å²) in [5.74, 6) is -0.248. The summed E-state index contributed by atoms with van der Waals surface area (Å²) in [4.78, 5) is 26.8. The molecule has 0 aromatic heterocycles. The number of amides is 2. The van der Waals surface area contributed by atoms with E-state index in [0.717, 1.165) is 15.7 Å². The van der Waals surface area contributed by atoms with Crippen LogP contribution in [0.25, 0.3) is 6.08 Å². The Morgan fingerprint density at radius 2 is 1.93 bits per heavy atom. The first kappa shape index (κ1) is 21.0. The first-order chi connectivity index (χ1) is 13.4. The number of hydrogen-bond donors (Lipinski definition) is 1. The van der Waals surface area contributed by atoms with Crippen molar-refractivity contribution in [3.8, 4) is 0 Å². The number of carbonyl (C=O) groups excluding carboxylic acids is 2. The molecule has 1 heterocycles. The van der Waals surface area contributed by atoms with E-state index in [4.69, 9.17) is 23.8 Å². The minimum atomic E-state index is -0.150. The molecule has 0 saturated carbocycles. The van der Waals surface area contributed by atoms with Crippen LogP contribution in [0, 0.1) is 0 Å². The lowest BCUT2D eigenvalue weighted by Gasteiger charge is -2.14. The molecule has 4 nitrogen and oxygen atoms in total. The fourth-order valence-electron chi connectivity index (χ4n) is 2.58. The predicted octanol–water partition coefficient (Wildman–Crippen LogP) is 5.72. The molecule has 1 aliphatic heterocycles. The molecule has 2 amide bonds. The molecule has 28 heavy (non-hydrogen) atoms. The zero-order valence-electron chi connectivity index (χ0n) is 14.7. The van der Waals surface area contributed by atoms with E-state index < -0.39 is 0 Å². The van der Waals surface area contributed by atoms with E-state index in [1.54, 1.807) is 12.1 Å². The number of nitrogens with one attached hydrogen (secondary N) is 1. The van der Waals surface area contributed by atoms with E-state index in [1.807, 2.05) is 42.5 Å². The predicted molar refractivity (Wildman–Crippen MR) is 123 cm³/mol. The van der Waals surface area contributed by atoms with Crippen molar-refractivity contribution in [2.24, 2.45) is 0 Å². The smallest absolute Gasteiger partial charge is 0.266 e. The van der Waals surface area contributed by atoms with E-state index in [9.17, 15) is 9.59 Å². The fraction of sp³-hybridized carbons (Fsp3) is 0.150. The minimum absolute atomic E-state index is 0.0978. The second-order valence-electron chi connectivity index (χ2n) is 6.01. The van der Waals surface area contributed by atoms with Gasteiger partial charge in [-0.1, -0.05) is 69.7 Å². The molecule has 8 heteroatoms. The molecule has 2 aromatic rings. The number of benzene rings is 2. The number of thiocarbonyl (C=S) groups is 1. The van der Waals surface area contributed by atoms with Gasteiger partial charge in [0.2, 0.25) is 5.91 Å². The highest BCUT2D eigenvalue weighted by atomic mass is 79.9. The standard InChI is InChI=1S/C20H16BrClN2O2S2/c21-14-7-9-15(10-8-14)23-18(25)6-3-11-24-19(26)17(28-20(24)27)12-13-4-1-2-5-16(13)22/h1-2,4-5,7-10,12H,3,6,11H2,(H,23,25). The Bertz CT molecular complexity index is 947. The average Bonchev–Trinajstić information content (AvgIpc) is 2.93. The summed E-state index contributed by atoms with van der Waals surface area (Å²) in [5.41, 5.74) is 1.51. The van der Waals surface area contributed by atoms with E-state index in [2.05, 4.69) is 21.2 Å². The van der Waals surface area contributed by atoms with Crippen LogP contribution in [0.4, 0.5) is 5.69 Å². The Hall–Kier alpha value is -1.67. The number of rotatable bonds is 6. The van der Waals surface area contributed by atoms with E-state index in [1.165, 1.54) is 16.7 Å². The number of carbonyl (C=O) groups is 2. The molecule has 1 saturated heterocycles. The van der Waals surface area contributed by atoms with Gasteiger partial charge in [-0.05, 0) is 48.4 Å². The van der Waals surface area contributed by atoms with Crippen LogP contribution in [-0.4, -0.2) is 27.6 Å². The van der Waals surface area contributed by atoms with Gasteiger partial charge in [0.25, 0.3) is 5.91 Å². The highest BCUT2D eigenvalue weighted by molar-refractivity contribution is 9.10. The molecule has 0 unspecified atom stereocenters. The highest BCUT2D eigenvalue weighted by Crippen LogP contribution is 2.33. The molecule has 0 radical (unpaired) electrons. The maximum Gasteiger partial charge on any atom is 0.266 e. The highest BCUT2D eigenvalue weighted by Gasteiger charge is 2.31. The van der Waals surface area contributed by atoms with Gasteiger partial charge in [0.15, 0.2) is 0 Å². The van der Waals surface area contributed by atoms with Crippen LogP contribution < -0.4 is 5.32 Å². The summed E-state index contributed by atoms with van der Waals surface area (Å²) in [6, 6.07) is 14.7. The third-order valence-electron chi connectivity index (χ3n) is 3.98. The van der Waals surface area contributed by atoms with Gasteiger partial charge < -0.3 is 5.32 Å². The van der Waals surface area contributed by atoms with Crippen molar-refractivity contribution in [1.29, 1.82) is 0 Å². The van der Waals surface area contributed by atoms with Crippen molar-refractivity contribution in [3.05, 3.63) is 68.5 Å². The van der Waals surface area contributed by atoms with Gasteiger partial charge in [0, 0.05) is 28.1 Å². The summed E-state index contributed by atoms with van der Waals surface area (Å²) in [6.45, 7) is 0.401. The molecule has 1 fully saturated rings. The molecule has 0 atom stereocenters. The number of hydrogen-bond acceptors (Lipinski definition) is 4. The SMILES string of the molecule is O=C(CCCN1C(=O)C(=Cc2ccccc2Cl)SC1=S)Nc1ccc(Br)cc1. The zero-order chi connectivity index (χ0) is 20.1. The molecule has 1 N–H and O–H groups in total. The van der Waals surface area contributed by atoms with Crippen molar-refractivity contribution in [1.82, 2.24) is 4.90 Å². The van der Waals surface area contributed by atoms with E-state index in [0.29, 0.717) is 33.6 Å². The molecular weight excluding hydrogens is 480 g/mol. The van der Waals surface area contributed by atoms with Crippen LogP contribution in [0.5, 0.6) is 0 Å². The molecular formula is C20H16BrClN2O2S2. The third-order valence-corrected chi connectivity index (χ3v) is 6.23. The molecule has 0 bridgehead atoms.